The highest BCUT2D eigenvalue weighted by Crippen LogP contribution is 2.51. The molecule has 0 saturated heterocycles. The summed E-state index contributed by atoms with van der Waals surface area (Å²) in [6.07, 6.45) is 0. The zero-order valence-electron chi connectivity index (χ0n) is 32.7. The van der Waals surface area contributed by atoms with Crippen molar-refractivity contribution in [2.45, 2.75) is 6.92 Å². The Morgan fingerprint density at radius 1 is 0.350 bits per heavy atom. The molecule has 1 aromatic heterocycles. The Kier molecular flexibility index (Phi) is 6.94. The molecule has 12 aromatic carbocycles. The van der Waals surface area contributed by atoms with E-state index in [4.69, 9.17) is 6.57 Å². The van der Waals surface area contributed by atoms with Gasteiger partial charge in [0.1, 0.15) is 0 Å². The molecule has 0 unspecified atom stereocenters. The van der Waals surface area contributed by atoms with Crippen molar-refractivity contribution in [2.75, 3.05) is 0 Å². The van der Waals surface area contributed by atoms with E-state index in [0.29, 0.717) is 5.69 Å². The Morgan fingerprint density at radius 2 is 0.817 bits per heavy atom. The van der Waals surface area contributed by atoms with Gasteiger partial charge in [0, 0.05) is 30.9 Å². The first-order chi connectivity index (χ1) is 29.6. The predicted octanol–water partition coefficient (Wildman–Crippen LogP) is 17.5. The molecule has 1 heterocycles. The van der Waals surface area contributed by atoms with Crippen LogP contribution in [0.25, 0.3) is 133 Å². The van der Waals surface area contributed by atoms with Crippen molar-refractivity contribution < 1.29 is 0 Å². The van der Waals surface area contributed by atoms with Crippen molar-refractivity contribution in [1.29, 1.82) is 0 Å². The Bertz CT molecular complexity index is 4010. The number of nitrogens with zero attached hydrogens (tertiary/aromatic N) is 1. The minimum atomic E-state index is 0.652. The lowest BCUT2D eigenvalue weighted by Crippen LogP contribution is -1.91. The highest BCUT2D eigenvalue weighted by atomic mass is 32.1. The molecule has 0 bridgehead atoms. The molecule has 0 fully saturated rings. The maximum atomic E-state index is 7.53. The van der Waals surface area contributed by atoms with Crippen molar-refractivity contribution in [2.24, 2.45) is 0 Å². The first-order valence-electron chi connectivity index (χ1n) is 20.5. The summed E-state index contributed by atoms with van der Waals surface area (Å²) in [7, 11) is 0. The van der Waals surface area contributed by atoms with Crippen molar-refractivity contribution in [1.82, 2.24) is 0 Å². The van der Waals surface area contributed by atoms with Crippen LogP contribution in [-0.4, -0.2) is 0 Å². The van der Waals surface area contributed by atoms with Gasteiger partial charge in [-0.2, -0.15) is 0 Å². The summed E-state index contributed by atoms with van der Waals surface area (Å²) in [5.74, 6) is 0. The van der Waals surface area contributed by atoms with Gasteiger partial charge >= 0.3 is 0 Å². The molecular formula is C58H33NS. The number of hydrogen-bond acceptors (Lipinski definition) is 1. The third kappa shape index (κ3) is 4.56. The molecule has 1 nitrogen and oxygen atoms in total. The molecule has 13 aromatic rings. The lowest BCUT2D eigenvalue weighted by molar-refractivity contribution is 1.51. The van der Waals surface area contributed by atoms with Gasteiger partial charge in [-0.3, -0.25) is 0 Å². The Labute approximate surface area is 349 Å². The van der Waals surface area contributed by atoms with Gasteiger partial charge in [0.2, 0.25) is 0 Å². The monoisotopic (exact) mass is 775 g/mol. The van der Waals surface area contributed by atoms with Gasteiger partial charge in [-0.15, -0.1) is 11.3 Å². The third-order valence-corrected chi connectivity index (χ3v) is 14.3. The van der Waals surface area contributed by atoms with Crippen LogP contribution in [0.15, 0.2) is 182 Å². The van der Waals surface area contributed by atoms with E-state index in [-0.39, 0.29) is 0 Å². The third-order valence-electron chi connectivity index (χ3n) is 13.0. The van der Waals surface area contributed by atoms with Crippen LogP contribution in [-0.2, 0) is 0 Å². The fraction of sp³-hybridized carbons (Fsp3) is 0.0172. The Morgan fingerprint density at radius 3 is 1.50 bits per heavy atom. The second kappa shape index (κ2) is 12.5. The van der Waals surface area contributed by atoms with Crippen molar-refractivity contribution in [3.05, 3.63) is 199 Å². The molecule has 0 aliphatic carbocycles. The van der Waals surface area contributed by atoms with Gasteiger partial charge in [0.05, 0.1) is 6.57 Å². The van der Waals surface area contributed by atoms with Gasteiger partial charge < -0.3 is 0 Å². The summed E-state index contributed by atoms with van der Waals surface area (Å²) in [4.78, 5) is 3.66. The smallest absolute Gasteiger partial charge is 0.187 e. The number of thiophene rings is 1. The summed E-state index contributed by atoms with van der Waals surface area (Å²) in [6, 6.07) is 67.2. The van der Waals surface area contributed by atoms with Gasteiger partial charge in [-0.25, -0.2) is 4.85 Å². The maximum absolute atomic E-state index is 7.53. The summed E-state index contributed by atoms with van der Waals surface area (Å²) in [5, 5.41) is 23.2. The molecular weight excluding hydrogens is 743 g/mol. The van der Waals surface area contributed by atoms with E-state index in [0.717, 1.165) is 5.56 Å². The molecule has 0 aliphatic rings. The van der Waals surface area contributed by atoms with E-state index in [1.165, 1.54) is 129 Å². The van der Waals surface area contributed by atoms with Gasteiger partial charge in [0.25, 0.3) is 0 Å². The summed E-state index contributed by atoms with van der Waals surface area (Å²) in [6.45, 7) is 9.75. The van der Waals surface area contributed by atoms with Crippen LogP contribution in [0.4, 0.5) is 5.69 Å². The molecule has 276 valence electrons. The largest absolute Gasteiger partial charge is 0.238 e. The fourth-order valence-corrected chi connectivity index (χ4v) is 11.9. The van der Waals surface area contributed by atoms with Crippen LogP contribution >= 0.6 is 11.3 Å². The number of benzene rings is 12. The highest BCUT2D eigenvalue weighted by Gasteiger charge is 2.21. The number of rotatable bonds is 2. The average molecular weight is 776 g/mol. The van der Waals surface area contributed by atoms with Gasteiger partial charge in [-0.1, -0.05) is 181 Å². The summed E-state index contributed by atoms with van der Waals surface area (Å²) in [5.41, 5.74) is 6.69. The standard InChI is InChI=1S/C58H33NS/c1-33-19-26-40-50-32-36(53-43-15-7-5-13-41(43)52(42-14-6-8-16-44(42)53)35-20-24-37(59-2)25-21-35)23-27-39(50)47-29-30-49-55-46-18-10-9-17-45(46)54-38-12-4-3-11-34(38)22-28-48(54)57(55)60-58(49)56(47)51(40)31-33/h3-32H,1H3. The lowest BCUT2D eigenvalue weighted by Gasteiger charge is -2.19. The normalized spacial score (nSPS) is 12.1. The molecule has 0 amide bonds. The molecule has 0 aliphatic heterocycles. The molecule has 0 radical (unpaired) electrons. The minimum Gasteiger partial charge on any atom is -0.238 e. The van der Waals surface area contributed by atoms with Crippen molar-refractivity contribution in [3.8, 4) is 22.3 Å². The maximum Gasteiger partial charge on any atom is 0.187 e. The Hall–Kier alpha value is -7.57. The van der Waals surface area contributed by atoms with E-state index in [1.54, 1.807) is 0 Å². The fourth-order valence-electron chi connectivity index (χ4n) is 10.5. The lowest BCUT2D eigenvalue weighted by atomic mass is 9.84. The van der Waals surface area contributed by atoms with Crippen LogP contribution in [0.3, 0.4) is 0 Å². The van der Waals surface area contributed by atoms with Gasteiger partial charge in [-0.05, 0) is 111 Å². The van der Waals surface area contributed by atoms with Crippen molar-refractivity contribution in [3.63, 3.8) is 0 Å². The van der Waals surface area contributed by atoms with Crippen LogP contribution in [0, 0.1) is 13.5 Å². The molecule has 13 rings (SSSR count). The SMILES string of the molecule is [C-]#[N+]c1ccc(-c2c3ccccc3c(-c3ccc4c(c3)c3ccc(C)cc3c3c4ccc4c3sc3c5ccc6ccccc6c5c5ccccc5c43)c3ccccc23)cc1. The molecule has 0 saturated carbocycles. The van der Waals surface area contributed by atoms with Crippen LogP contribution in [0.2, 0.25) is 0 Å². The van der Waals surface area contributed by atoms with Crippen LogP contribution < -0.4 is 0 Å². The zero-order chi connectivity index (χ0) is 39.6. The molecule has 0 N–H and O–H groups in total. The Balaban J connectivity index is 1.13. The van der Waals surface area contributed by atoms with Crippen molar-refractivity contribution >= 4 is 123 Å². The first kappa shape index (κ1) is 33.4. The topological polar surface area (TPSA) is 4.36 Å². The molecule has 60 heavy (non-hydrogen) atoms. The second-order valence-electron chi connectivity index (χ2n) is 16.2. The van der Waals surface area contributed by atoms with Crippen LogP contribution in [0.1, 0.15) is 5.56 Å². The zero-order valence-corrected chi connectivity index (χ0v) is 33.5. The minimum absolute atomic E-state index is 0.652. The van der Waals surface area contributed by atoms with E-state index < -0.39 is 0 Å². The van der Waals surface area contributed by atoms with E-state index >= 15 is 0 Å². The summed E-state index contributed by atoms with van der Waals surface area (Å²) < 4.78 is 2.71. The number of aryl methyl sites for hydroxylation is 1. The number of fused-ring (bicyclic) bond motifs is 19. The first-order valence-corrected chi connectivity index (χ1v) is 21.4. The predicted molar refractivity (Wildman–Crippen MR) is 261 cm³/mol. The van der Waals surface area contributed by atoms with Crippen LogP contribution in [0.5, 0.6) is 0 Å². The quantitative estimate of drug-likeness (QED) is 0.0936. The van der Waals surface area contributed by atoms with E-state index in [2.05, 4.69) is 182 Å². The van der Waals surface area contributed by atoms with E-state index in [1.807, 2.05) is 23.5 Å². The molecule has 2 heteroatoms. The van der Waals surface area contributed by atoms with E-state index in [9.17, 15) is 0 Å². The highest BCUT2D eigenvalue weighted by molar-refractivity contribution is 7.28. The summed E-state index contributed by atoms with van der Waals surface area (Å²) >= 11 is 1.96. The van der Waals surface area contributed by atoms with Gasteiger partial charge in [0.15, 0.2) is 5.69 Å². The molecule has 0 spiro atoms. The second-order valence-corrected chi connectivity index (χ2v) is 17.3. The number of hydrogen-bond donors (Lipinski definition) is 0. The average Bonchev–Trinajstić information content (AvgIpc) is 3.71. The molecule has 0 atom stereocenters.